The standard InChI is InChI=1S/C31H38N4O2S/c1-3-19-32-31(37)34-28-20-26(21-33-30(36)25-17-11-6-12-18-25)27(38-2)22-35(28)29(23-13-7-4-8-14-23)24-15-9-5-10-16-24/h4-18,26-29H,3,19-22H2,1-2H3,(H,33,36)(H2,32,34,37). The molecule has 0 spiro atoms. The zero-order valence-corrected chi connectivity index (χ0v) is 23.0. The van der Waals surface area contributed by atoms with Gasteiger partial charge in [-0.2, -0.15) is 11.8 Å². The fourth-order valence-electron chi connectivity index (χ4n) is 5.17. The summed E-state index contributed by atoms with van der Waals surface area (Å²) in [6.45, 7) is 4.01. The molecule has 4 rings (SSSR count). The minimum absolute atomic E-state index is 0.0108. The lowest BCUT2D eigenvalue weighted by molar-refractivity contribution is 0.0686. The van der Waals surface area contributed by atoms with Gasteiger partial charge in [-0.1, -0.05) is 85.8 Å². The Morgan fingerprint density at radius 3 is 2.03 bits per heavy atom. The van der Waals surface area contributed by atoms with Crippen LogP contribution >= 0.6 is 11.8 Å². The van der Waals surface area contributed by atoms with E-state index in [1.807, 2.05) is 61.2 Å². The smallest absolute Gasteiger partial charge is 0.316 e. The van der Waals surface area contributed by atoms with E-state index in [4.69, 9.17) is 0 Å². The number of amides is 3. The summed E-state index contributed by atoms with van der Waals surface area (Å²) in [5.41, 5.74) is 3.04. The molecule has 1 saturated heterocycles. The van der Waals surface area contributed by atoms with Gasteiger partial charge in [-0.25, -0.2) is 4.79 Å². The van der Waals surface area contributed by atoms with Crippen LogP contribution in [0.3, 0.4) is 0 Å². The van der Waals surface area contributed by atoms with Crippen LogP contribution in [0.2, 0.25) is 0 Å². The summed E-state index contributed by atoms with van der Waals surface area (Å²) in [6, 6.07) is 30.1. The van der Waals surface area contributed by atoms with Crippen LogP contribution in [0.25, 0.3) is 0 Å². The van der Waals surface area contributed by atoms with Gasteiger partial charge in [0.15, 0.2) is 0 Å². The van der Waals surface area contributed by atoms with Crippen LogP contribution in [-0.4, -0.2) is 54.1 Å². The number of urea groups is 1. The summed E-state index contributed by atoms with van der Waals surface area (Å²) in [7, 11) is 0. The zero-order chi connectivity index (χ0) is 26.7. The molecule has 3 N–H and O–H groups in total. The molecular formula is C31H38N4O2S. The molecule has 200 valence electrons. The highest BCUT2D eigenvalue weighted by atomic mass is 32.2. The van der Waals surface area contributed by atoms with Gasteiger partial charge in [-0.3, -0.25) is 9.69 Å². The van der Waals surface area contributed by atoms with E-state index in [-0.39, 0.29) is 35.3 Å². The first-order valence-corrected chi connectivity index (χ1v) is 14.7. The van der Waals surface area contributed by atoms with Crippen LogP contribution in [0, 0.1) is 5.92 Å². The fraction of sp³-hybridized carbons (Fsp3) is 0.355. The first kappa shape index (κ1) is 27.7. The number of carbonyl (C=O) groups is 2. The summed E-state index contributed by atoms with van der Waals surface area (Å²) in [5, 5.41) is 9.69. The third kappa shape index (κ3) is 7.17. The van der Waals surface area contributed by atoms with Crippen LogP contribution in [0.4, 0.5) is 4.79 Å². The number of nitrogens with zero attached hydrogens (tertiary/aromatic N) is 1. The molecule has 38 heavy (non-hydrogen) atoms. The first-order chi connectivity index (χ1) is 18.6. The topological polar surface area (TPSA) is 73.5 Å². The Balaban J connectivity index is 1.61. The van der Waals surface area contributed by atoms with Gasteiger partial charge < -0.3 is 16.0 Å². The van der Waals surface area contributed by atoms with Gasteiger partial charge in [0.25, 0.3) is 5.91 Å². The highest BCUT2D eigenvalue weighted by Crippen LogP contribution is 2.37. The molecule has 0 aliphatic carbocycles. The monoisotopic (exact) mass is 530 g/mol. The quantitative estimate of drug-likeness (QED) is 0.333. The summed E-state index contributed by atoms with van der Waals surface area (Å²) in [4.78, 5) is 28.1. The Bertz CT molecular complexity index is 1110. The molecular weight excluding hydrogens is 492 g/mol. The summed E-state index contributed by atoms with van der Waals surface area (Å²) in [5.74, 6) is 0.141. The minimum Gasteiger partial charge on any atom is -0.352 e. The van der Waals surface area contributed by atoms with Crippen LogP contribution in [0.15, 0.2) is 91.0 Å². The Kier molecular flexibility index (Phi) is 10.2. The van der Waals surface area contributed by atoms with Crippen molar-refractivity contribution in [1.29, 1.82) is 0 Å². The number of nitrogens with one attached hydrogen (secondary N) is 3. The van der Waals surface area contributed by atoms with Crippen LogP contribution in [0.1, 0.15) is 47.3 Å². The second-order valence-corrected chi connectivity index (χ2v) is 10.8. The highest BCUT2D eigenvalue weighted by molar-refractivity contribution is 7.99. The van der Waals surface area contributed by atoms with Crippen molar-refractivity contribution in [2.75, 3.05) is 25.9 Å². The molecule has 0 bridgehead atoms. The summed E-state index contributed by atoms with van der Waals surface area (Å²) >= 11 is 1.83. The molecule has 1 aliphatic rings. The number of hydrogen-bond donors (Lipinski definition) is 3. The average molecular weight is 531 g/mol. The molecule has 0 radical (unpaired) electrons. The van der Waals surface area contributed by atoms with Crippen molar-refractivity contribution in [2.24, 2.45) is 5.92 Å². The van der Waals surface area contributed by atoms with Gasteiger partial charge >= 0.3 is 6.03 Å². The average Bonchev–Trinajstić information content (AvgIpc) is 2.97. The Hall–Kier alpha value is -3.29. The number of hydrogen-bond acceptors (Lipinski definition) is 4. The van der Waals surface area contributed by atoms with E-state index in [1.165, 1.54) is 11.1 Å². The number of benzene rings is 3. The second kappa shape index (κ2) is 14.0. The maximum absolute atomic E-state index is 12.9. The maximum Gasteiger partial charge on any atom is 0.316 e. The maximum atomic E-state index is 12.9. The Morgan fingerprint density at radius 1 is 0.895 bits per heavy atom. The molecule has 1 fully saturated rings. The molecule has 0 aromatic heterocycles. The minimum atomic E-state index is -0.195. The van der Waals surface area contributed by atoms with Crippen LogP contribution in [0.5, 0.6) is 0 Å². The molecule has 1 heterocycles. The number of carbonyl (C=O) groups excluding carboxylic acids is 2. The Morgan fingerprint density at radius 2 is 1.47 bits per heavy atom. The largest absolute Gasteiger partial charge is 0.352 e. The van der Waals surface area contributed by atoms with E-state index in [0.29, 0.717) is 18.7 Å². The molecule has 3 aromatic carbocycles. The van der Waals surface area contributed by atoms with Crippen LogP contribution < -0.4 is 16.0 Å². The highest BCUT2D eigenvalue weighted by Gasteiger charge is 2.40. The molecule has 3 atom stereocenters. The first-order valence-electron chi connectivity index (χ1n) is 13.4. The van der Waals surface area contributed by atoms with Crippen molar-refractivity contribution in [2.45, 2.75) is 37.2 Å². The fourth-order valence-corrected chi connectivity index (χ4v) is 6.08. The lowest BCUT2D eigenvalue weighted by Gasteiger charge is -2.47. The summed E-state index contributed by atoms with van der Waals surface area (Å²) < 4.78 is 0. The van der Waals surface area contributed by atoms with Gasteiger partial charge in [0.2, 0.25) is 0 Å². The number of thioether (sulfide) groups is 1. The van der Waals surface area contributed by atoms with Gasteiger partial charge in [0, 0.05) is 30.4 Å². The van der Waals surface area contributed by atoms with Crippen molar-refractivity contribution >= 4 is 23.7 Å². The second-order valence-electron chi connectivity index (χ2n) is 9.68. The van der Waals surface area contributed by atoms with E-state index in [1.54, 1.807) is 0 Å². The molecule has 1 aliphatic heterocycles. The van der Waals surface area contributed by atoms with E-state index in [0.717, 1.165) is 19.4 Å². The predicted octanol–water partition coefficient (Wildman–Crippen LogP) is 5.29. The van der Waals surface area contributed by atoms with Gasteiger partial charge in [-0.15, -0.1) is 0 Å². The number of likely N-dealkylation sites (tertiary alicyclic amines) is 1. The van der Waals surface area contributed by atoms with Crippen LogP contribution in [-0.2, 0) is 0 Å². The molecule has 6 nitrogen and oxygen atoms in total. The summed E-state index contributed by atoms with van der Waals surface area (Å²) in [6.07, 6.45) is 3.55. The lowest BCUT2D eigenvalue weighted by Crippen LogP contribution is -2.60. The van der Waals surface area contributed by atoms with E-state index in [2.05, 4.69) is 75.6 Å². The van der Waals surface area contributed by atoms with Crippen molar-refractivity contribution in [3.8, 4) is 0 Å². The van der Waals surface area contributed by atoms with E-state index in [9.17, 15) is 9.59 Å². The third-order valence-electron chi connectivity index (χ3n) is 7.10. The van der Waals surface area contributed by atoms with Gasteiger partial charge in [0.05, 0.1) is 12.2 Å². The molecule has 7 heteroatoms. The molecule has 3 aromatic rings. The molecule has 0 saturated carbocycles. The molecule has 3 amide bonds. The number of piperidine rings is 1. The van der Waals surface area contributed by atoms with E-state index < -0.39 is 0 Å². The third-order valence-corrected chi connectivity index (χ3v) is 8.24. The van der Waals surface area contributed by atoms with Gasteiger partial charge in [-0.05, 0) is 48.3 Å². The van der Waals surface area contributed by atoms with Gasteiger partial charge in [0.1, 0.15) is 0 Å². The Labute approximate surface area is 230 Å². The van der Waals surface area contributed by atoms with Crippen molar-refractivity contribution in [1.82, 2.24) is 20.9 Å². The van der Waals surface area contributed by atoms with Crippen molar-refractivity contribution in [3.63, 3.8) is 0 Å². The lowest BCUT2D eigenvalue weighted by atomic mass is 9.88. The van der Waals surface area contributed by atoms with Crippen molar-refractivity contribution in [3.05, 3.63) is 108 Å². The normalized spacial score (nSPS) is 19.6. The van der Waals surface area contributed by atoms with E-state index >= 15 is 0 Å². The zero-order valence-electron chi connectivity index (χ0n) is 22.2. The van der Waals surface area contributed by atoms with Crippen molar-refractivity contribution < 1.29 is 9.59 Å². The number of rotatable bonds is 10. The molecule has 3 unspecified atom stereocenters. The SMILES string of the molecule is CCCNC(=O)NC1CC(CNC(=O)c2ccccc2)C(SC)CN1C(c1ccccc1)c1ccccc1. The predicted molar refractivity (Wildman–Crippen MR) is 156 cm³/mol.